The van der Waals surface area contributed by atoms with Crippen molar-refractivity contribution in [2.24, 2.45) is 11.3 Å². The normalized spacial score (nSPS) is 30.6. The molecule has 0 amide bonds. The fourth-order valence-corrected chi connectivity index (χ4v) is 2.24. The van der Waals surface area contributed by atoms with E-state index in [1.165, 1.54) is 0 Å². The number of carboxylic acids is 1. The van der Waals surface area contributed by atoms with Gasteiger partial charge in [-0.05, 0) is 18.3 Å². The summed E-state index contributed by atoms with van der Waals surface area (Å²) in [5.41, 5.74) is -0.134. The summed E-state index contributed by atoms with van der Waals surface area (Å²) in [6, 6.07) is 0. The number of hydrogen-bond donors (Lipinski definition) is 1. The summed E-state index contributed by atoms with van der Waals surface area (Å²) in [6.45, 7) is 6.68. The average Bonchev–Trinajstić information content (AvgIpc) is 2.58. The Morgan fingerprint density at radius 2 is 2.12 bits per heavy atom. The Morgan fingerprint density at radius 3 is 2.50 bits per heavy atom. The van der Waals surface area contributed by atoms with Gasteiger partial charge in [0.05, 0.1) is 18.1 Å². The molecule has 0 spiro atoms. The molecule has 1 rings (SSSR count). The molecular formula is C12H22O4. The van der Waals surface area contributed by atoms with Crippen LogP contribution in [-0.4, -0.2) is 37.0 Å². The summed E-state index contributed by atoms with van der Waals surface area (Å²) in [5, 5.41) is 9.18. The van der Waals surface area contributed by atoms with Gasteiger partial charge in [0.15, 0.2) is 0 Å². The highest BCUT2D eigenvalue weighted by Gasteiger charge is 2.45. The van der Waals surface area contributed by atoms with Crippen molar-refractivity contribution >= 4 is 5.97 Å². The molecule has 0 saturated carbocycles. The molecule has 0 aromatic carbocycles. The van der Waals surface area contributed by atoms with Gasteiger partial charge in [0.25, 0.3) is 0 Å². The Hall–Kier alpha value is -0.610. The van der Waals surface area contributed by atoms with E-state index < -0.39 is 5.97 Å². The van der Waals surface area contributed by atoms with Crippen LogP contribution in [0, 0.1) is 11.3 Å². The third-order valence-electron chi connectivity index (χ3n) is 3.04. The fraction of sp³-hybridized carbons (Fsp3) is 0.917. The maximum absolute atomic E-state index is 11.2. The molecule has 4 heteroatoms. The van der Waals surface area contributed by atoms with Crippen LogP contribution in [0.4, 0.5) is 0 Å². The van der Waals surface area contributed by atoms with E-state index in [1.54, 1.807) is 7.11 Å². The molecule has 16 heavy (non-hydrogen) atoms. The maximum Gasteiger partial charge on any atom is 0.309 e. The third kappa shape index (κ3) is 3.19. The molecule has 0 aromatic heterocycles. The minimum atomic E-state index is -0.750. The highest BCUT2D eigenvalue weighted by atomic mass is 16.5. The minimum Gasteiger partial charge on any atom is -0.481 e. The van der Waals surface area contributed by atoms with Crippen molar-refractivity contribution in [3.05, 3.63) is 0 Å². The Morgan fingerprint density at radius 1 is 1.50 bits per heavy atom. The lowest BCUT2D eigenvalue weighted by Gasteiger charge is -2.29. The second-order valence-electron chi connectivity index (χ2n) is 5.51. The zero-order valence-corrected chi connectivity index (χ0v) is 10.5. The Labute approximate surface area is 96.9 Å². The van der Waals surface area contributed by atoms with Crippen molar-refractivity contribution in [1.29, 1.82) is 0 Å². The first-order valence-electron chi connectivity index (χ1n) is 5.73. The van der Waals surface area contributed by atoms with E-state index in [2.05, 4.69) is 0 Å². The van der Waals surface area contributed by atoms with E-state index in [9.17, 15) is 9.90 Å². The second-order valence-corrected chi connectivity index (χ2v) is 5.51. The summed E-state index contributed by atoms with van der Waals surface area (Å²) in [4.78, 5) is 11.2. The van der Waals surface area contributed by atoms with Gasteiger partial charge >= 0.3 is 5.97 Å². The van der Waals surface area contributed by atoms with E-state index in [1.807, 2.05) is 20.8 Å². The first kappa shape index (κ1) is 13.5. The van der Waals surface area contributed by atoms with Gasteiger partial charge in [0.1, 0.15) is 0 Å². The zero-order valence-electron chi connectivity index (χ0n) is 10.5. The van der Waals surface area contributed by atoms with Crippen molar-refractivity contribution in [3.8, 4) is 0 Å². The van der Waals surface area contributed by atoms with E-state index in [0.717, 1.165) is 6.42 Å². The van der Waals surface area contributed by atoms with Gasteiger partial charge in [-0.15, -0.1) is 0 Å². The number of carbonyl (C=O) groups is 1. The lowest BCUT2D eigenvalue weighted by atomic mass is 9.81. The molecular weight excluding hydrogens is 208 g/mol. The molecule has 3 atom stereocenters. The standard InChI is InChI=1S/C12H22O4/c1-12(2,3)10-9(11(13)14)7-8(16-10)5-6-15-4/h8-10H,5-7H2,1-4H3,(H,13,14). The average molecular weight is 230 g/mol. The van der Waals surface area contributed by atoms with E-state index >= 15 is 0 Å². The molecule has 1 fully saturated rings. The van der Waals surface area contributed by atoms with Crippen molar-refractivity contribution < 1.29 is 19.4 Å². The molecule has 1 N–H and O–H groups in total. The van der Waals surface area contributed by atoms with E-state index in [0.29, 0.717) is 13.0 Å². The third-order valence-corrected chi connectivity index (χ3v) is 3.04. The lowest BCUT2D eigenvalue weighted by Crippen LogP contribution is -2.35. The molecule has 4 nitrogen and oxygen atoms in total. The fourth-order valence-electron chi connectivity index (χ4n) is 2.24. The summed E-state index contributed by atoms with van der Waals surface area (Å²) in [7, 11) is 1.64. The number of rotatable bonds is 4. The van der Waals surface area contributed by atoms with E-state index in [4.69, 9.17) is 9.47 Å². The molecule has 1 aliphatic heterocycles. The minimum absolute atomic E-state index is 0.0188. The topological polar surface area (TPSA) is 55.8 Å². The van der Waals surface area contributed by atoms with Crippen LogP contribution < -0.4 is 0 Å². The van der Waals surface area contributed by atoms with Crippen LogP contribution in [0.1, 0.15) is 33.6 Å². The Kier molecular flexibility index (Phi) is 4.33. The van der Waals surface area contributed by atoms with Gasteiger partial charge in [-0.3, -0.25) is 4.79 Å². The van der Waals surface area contributed by atoms with Gasteiger partial charge in [-0.2, -0.15) is 0 Å². The molecule has 0 radical (unpaired) electrons. The largest absolute Gasteiger partial charge is 0.481 e. The second kappa shape index (κ2) is 5.15. The summed E-state index contributed by atoms with van der Waals surface area (Å²) in [5.74, 6) is -1.14. The molecule has 0 bridgehead atoms. The van der Waals surface area contributed by atoms with Crippen LogP contribution in [-0.2, 0) is 14.3 Å². The van der Waals surface area contributed by atoms with Crippen molar-refractivity contribution in [2.75, 3.05) is 13.7 Å². The molecule has 1 aliphatic rings. The number of aliphatic carboxylic acids is 1. The molecule has 1 saturated heterocycles. The van der Waals surface area contributed by atoms with Crippen LogP contribution in [0.3, 0.4) is 0 Å². The van der Waals surface area contributed by atoms with Crippen LogP contribution in [0.2, 0.25) is 0 Å². The predicted molar refractivity (Wildman–Crippen MR) is 60.4 cm³/mol. The van der Waals surface area contributed by atoms with Crippen molar-refractivity contribution in [2.45, 2.75) is 45.8 Å². The number of hydrogen-bond acceptors (Lipinski definition) is 3. The maximum atomic E-state index is 11.2. The van der Waals surface area contributed by atoms with E-state index in [-0.39, 0.29) is 23.5 Å². The van der Waals surface area contributed by atoms with Crippen molar-refractivity contribution in [3.63, 3.8) is 0 Å². The molecule has 94 valence electrons. The predicted octanol–water partition coefficient (Wildman–Crippen LogP) is 1.93. The zero-order chi connectivity index (χ0) is 12.3. The van der Waals surface area contributed by atoms with Gasteiger partial charge < -0.3 is 14.6 Å². The molecule has 3 unspecified atom stereocenters. The van der Waals surface area contributed by atoms with Gasteiger partial charge in [0.2, 0.25) is 0 Å². The van der Waals surface area contributed by atoms with Crippen LogP contribution in [0.5, 0.6) is 0 Å². The Bertz CT molecular complexity index is 244. The summed E-state index contributed by atoms with van der Waals surface area (Å²) >= 11 is 0. The Balaban J connectivity index is 2.65. The quantitative estimate of drug-likeness (QED) is 0.801. The first-order valence-corrected chi connectivity index (χ1v) is 5.73. The van der Waals surface area contributed by atoms with Crippen molar-refractivity contribution in [1.82, 2.24) is 0 Å². The molecule has 1 heterocycles. The highest BCUT2D eigenvalue weighted by molar-refractivity contribution is 5.71. The van der Waals surface area contributed by atoms with Gasteiger partial charge in [-0.1, -0.05) is 20.8 Å². The highest BCUT2D eigenvalue weighted by Crippen LogP contribution is 2.38. The van der Waals surface area contributed by atoms with Gasteiger partial charge in [0, 0.05) is 13.7 Å². The van der Waals surface area contributed by atoms with Crippen LogP contribution in [0.25, 0.3) is 0 Å². The number of carboxylic acid groups (broad SMARTS) is 1. The smallest absolute Gasteiger partial charge is 0.309 e. The molecule has 0 aliphatic carbocycles. The monoisotopic (exact) mass is 230 g/mol. The molecule has 0 aromatic rings. The van der Waals surface area contributed by atoms with Gasteiger partial charge in [-0.25, -0.2) is 0 Å². The first-order chi connectivity index (χ1) is 7.36. The van der Waals surface area contributed by atoms with Crippen LogP contribution in [0.15, 0.2) is 0 Å². The summed E-state index contributed by atoms with van der Waals surface area (Å²) in [6.07, 6.45) is 1.19. The number of methoxy groups -OCH3 is 1. The number of ether oxygens (including phenoxy) is 2. The summed E-state index contributed by atoms with van der Waals surface area (Å²) < 4.78 is 10.8. The lowest BCUT2D eigenvalue weighted by molar-refractivity contribution is -0.146. The van der Waals surface area contributed by atoms with Crippen LogP contribution >= 0.6 is 0 Å². The SMILES string of the molecule is COCCC1CC(C(=O)O)C(C(C)(C)C)O1.